The first-order valence-corrected chi connectivity index (χ1v) is 21.4. The third-order valence-electron chi connectivity index (χ3n) is 11.3. The average molecular weight is 871 g/mol. The van der Waals surface area contributed by atoms with Crippen LogP contribution in [0.25, 0.3) is 0 Å². The first-order valence-electron chi connectivity index (χ1n) is 21.4. The minimum Gasteiger partial charge on any atom is -0.453 e. The molecular formula is C49H58O14. The van der Waals surface area contributed by atoms with Crippen LogP contribution < -0.4 is 0 Å². The summed E-state index contributed by atoms with van der Waals surface area (Å²) in [5.74, 6) is -0.679. The number of aliphatic hydroxyl groups is 3. The smallest absolute Gasteiger partial charge is 0.338 e. The number of hydrogen-bond donors (Lipinski definition) is 3. The van der Waals surface area contributed by atoms with Gasteiger partial charge in [-0.2, -0.15) is 0 Å². The lowest BCUT2D eigenvalue weighted by Gasteiger charge is -2.50. The second kappa shape index (κ2) is 22.5. The molecular weight excluding hydrogens is 813 g/mol. The maximum atomic E-state index is 13.5. The molecule has 0 unspecified atom stereocenters. The molecule has 3 heterocycles. The second-order valence-corrected chi connectivity index (χ2v) is 15.9. The highest BCUT2D eigenvalue weighted by atomic mass is 16.8. The van der Waals surface area contributed by atoms with Crippen LogP contribution in [-0.2, 0) is 67.2 Å². The Hall–Kier alpha value is -4.39. The molecule has 0 amide bonds. The molecule has 14 nitrogen and oxygen atoms in total. The molecule has 3 fully saturated rings. The van der Waals surface area contributed by atoms with E-state index in [1.165, 1.54) is 0 Å². The third kappa shape index (κ3) is 11.9. The number of carbonyl (C=O) groups is 1. The van der Waals surface area contributed by atoms with Crippen molar-refractivity contribution >= 4 is 5.97 Å². The number of hydrogen-bond acceptors (Lipinski definition) is 14. The quantitative estimate of drug-likeness (QED) is 0.0875. The summed E-state index contributed by atoms with van der Waals surface area (Å²) in [6, 6.07) is 36.7. The molecule has 4 aromatic carbocycles. The lowest BCUT2D eigenvalue weighted by molar-refractivity contribution is -0.384. The van der Waals surface area contributed by atoms with Gasteiger partial charge in [-0.3, -0.25) is 0 Å². The summed E-state index contributed by atoms with van der Waals surface area (Å²) < 4.78 is 64.0. The minimum absolute atomic E-state index is 0.0426. The van der Waals surface area contributed by atoms with Crippen molar-refractivity contribution in [3.05, 3.63) is 156 Å². The van der Waals surface area contributed by atoms with Crippen molar-refractivity contribution in [3.8, 4) is 0 Å². The van der Waals surface area contributed by atoms with E-state index >= 15 is 0 Å². The zero-order chi connectivity index (χ0) is 44.3. The Morgan fingerprint density at radius 3 is 1.27 bits per heavy atom. The lowest BCUT2D eigenvalue weighted by atomic mass is 9.96. The molecule has 7 rings (SSSR count). The number of aliphatic hydroxyl groups excluding tert-OH is 3. The predicted molar refractivity (Wildman–Crippen MR) is 228 cm³/mol. The SMILES string of the molecule is C=CCO[C@@H]1O[C@@H](C)[C@@H](O)[C@@H](O[C@@H]2O[C@@H](C)[C@@H](O)[C@@H](O[C@@H]3O[C@@H](C)[C@@H](O)[C@@H](OC(=O)c4ccccc4)[C@@H]3OCc3ccccc3)[C@@H]2OCc2ccccc2)[C@@H]1OCc1ccccc1. The van der Waals surface area contributed by atoms with Crippen molar-refractivity contribution in [2.24, 2.45) is 0 Å². The maximum absolute atomic E-state index is 13.5. The average Bonchev–Trinajstić information content (AvgIpc) is 3.31. The fourth-order valence-electron chi connectivity index (χ4n) is 7.82. The standard InChI is InChI=1S/C49H58O14/c1-5-26-54-47-43(55-27-33-18-10-6-11-19-33)41(38(51)30(2)58-47)62-49-45(57-29-35-22-14-8-15-23-35)42(39(52)32(4)60-49)63-48-44(56-28-34-20-12-7-13-21-34)40(37(50)31(3)59-48)61-46(53)36-24-16-9-17-25-36/h5-25,30-32,37-45,47-52H,1,26-29H2,2-4H3/t30-,31-,32-,37+,38+,39+,40+,41+,42+,43-,44-,45-,47+,48-,49-/m0/s1. The molecule has 3 aliphatic heterocycles. The monoisotopic (exact) mass is 870 g/mol. The molecule has 0 aromatic heterocycles. The van der Waals surface area contributed by atoms with Crippen LogP contribution in [0.3, 0.4) is 0 Å². The normalized spacial score (nSPS) is 33.3. The molecule has 15 atom stereocenters. The van der Waals surface area contributed by atoms with E-state index in [2.05, 4.69) is 6.58 Å². The number of ether oxygens (including phenoxy) is 10. The van der Waals surface area contributed by atoms with Crippen LogP contribution >= 0.6 is 0 Å². The number of esters is 1. The Bertz CT molecular complexity index is 1980. The van der Waals surface area contributed by atoms with E-state index in [0.717, 1.165) is 16.7 Å². The van der Waals surface area contributed by atoms with Crippen LogP contribution in [0.5, 0.6) is 0 Å². The molecule has 63 heavy (non-hydrogen) atoms. The molecule has 0 radical (unpaired) electrons. The number of carbonyl (C=O) groups excluding carboxylic acids is 1. The van der Waals surface area contributed by atoms with Gasteiger partial charge < -0.3 is 62.7 Å². The van der Waals surface area contributed by atoms with E-state index in [4.69, 9.17) is 47.4 Å². The highest BCUT2D eigenvalue weighted by Crippen LogP contribution is 2.36. The van der Waals surface area contributed by atoms with E-state index < -0.39 is 98.1 Å². The van der Waals surface area contributed by atoms with Crippen LogP contribution in [0.4, 0.5) is 0 Å². The molecule has 0 aliphatic carbocycles. The van der Waals surface area contributed by atoms with Gasteiger partial charge in [0.1, 0.15) is 48.8 Å². The Morgan fingerprint density at radius 2 is 0.857 bits per heavy atom. The van der Waals surface area contributed by atoms with Gasteiger partial charge in [-0.05, 0) is 49.6 Å². The molecule has 0 spiro atoms. The molecule has 4 aromatic rings. The fraction of sp³-hybridized carbons (Fsp3) is 0.449. The van der Waals surface area contributed by atoms with Gasteiger partial charge in [0.05, 0.1) is 50.3 Å². The zero-order valence-corrected chi connectivity index (χ0v) is 35.7. The number of benzene rings is 4. The Morgan fingerprint density at radius 1 is 0.508 bits per heavy atom. The van der Waals surface area contributed by atoms with Gasteiger partial charge >= 0.3 is 5.97 Å². The Kier molecular flexibility index (Phi) is 16.6. The summed E-state index contributed by atoms with van der Waals surface area (Å²) in [5.41, 5.74) is 2.77. The van der Waals surface area contributed by atoms with E-state index in [9.17, 15) is 20.1 Å². The van der Waals surface area contributed by atoms with Crippen molar-refractivity contribution in [2.45, 2.75) is 133 Å². The molecule has 0 saturated carbocycles. The molecule has 3 aliphatic rings. The van der Waals surface area contributed by atoms with Gasteiger partial charge in [0.25, 0.3) is 0 Å². The third-order valence-corrected chi connectivity index (χ3v) is 11.3. The zero-order valence-electron chi connectivity index (χ0n) is 35.7. The van der Waals surface area contributed by atoms with Gasteiger partial charge in [-0.1, -0.05) is 115 Å². The van der Waals surface area contributed by atoms with E-state index in [-0.39, 0.29) is 32.0 Å². The fourth-order valence-corrected chi connectivity index (χ4v) is 7.82. The van der Waals surface area contributed by atoms with Crippen molar-refractivity contribution in [1.29, 1.82) is 0 Å². The van der Waals surface area contributed by atoms with E-state index in [1.54, 1.807) is 57.2 Å². The Labute approximate surface area is 368 Å². The highest BCUT2D eigenvalue weighted by molar-refractivity contribution is 5.89. The number of rotatable bonds is 18. The topological polar surface area (TPSA) is 170 Å². The van der Waals surface area contributed by atoms with Crippen molar-refractivity contribution in [1.82, 2.24) is 0 Å². The van der Waals surface area contributed by atoms with Gasteiger partial charge in [0.2, 0.25) is 0 Å². The van der Waals surface area contributed by atoms with E-state index in [1.807, 2.05) is 91.0 Å². The van der Waals surface area contributed by atoms with Crippen LogP contribution in [0.15, 0.2) is 134 Å². The van der Waals surface area contributed by atoms with Crippen molar-refractivity contribution in [2.75, 3.05) is 6.61 Å². The van der Waals surface area contributed by atoms with Crippen molar-refractivity contribution < 1.29 is 67.5 Å². The van der Waals surface area contributed by atoms with Gasteiger partial charge in [0, 0.05) is 0 Å². The van der Waals surface area contributed by atoms with Crippen LogP contribution in [0, 0.1) is 0 Å². The lowest BCUT2D eigenvalue weighted by Crippen LogP contribution is -2.66. The predicted octanol–water partition coefficient (Wildman–Crippen LogP) is 5.26. The van der Waals surface area contributed by atoms with Gasteiger partial charge in [-0.15, -0.1) is 6.58 Å². The molecule has 14 heteroatoms. The molecule has 3 saturated heterocycles. The largest absolute Gasteiger partial charge is 0.453 e. The molecule has 338 valence electrons. The maximum Gasteiger partial charge on any atom is 0.338 e. The first kappa shape index (κ1) is 46.6. The van der Waals surface area contributed by atoms with Crippen molar-refractivity contribution in [3.63, 3.8) is 0 Å². The minimum atomic E-state index is -1.33. The summed E-state index contributed by atoms with van der Waals surface area (Å²) in [6.45, 7) is 9.15. The first-order chi connectivity index (χ1) is 30.6. The van der Waals surface area contributed by atoms with Crippen LogP contribution in [0.2, 0.25) is 0 Å². The highest BCUT2D eigenvalue weighted by Gasteiger charge is 2.55. The molecule has 3 N–H and O–H groups in total. The van der Waals surface area contributed by atoms with Crippen LogP contribution in [-0.4, -0.2) is 120 Å². The molecule has 0 bridgehead atoms. The summed E-state index contributed by atoms with van der Waals surface area (Å²) in [6.07, 6.45) is -15.5. The summed E-state index contributed by atoms with van der Waals surface area (Å²) in [4.78, 5) is 13.5. The van der Waals surface area contributed by atoms with Gasteiger partial charge in [0.15, 0.2) is 25.0 Å². The van der Waals surface area contributed by atoms with Crippen LogP contribution in [0.1, 0.15) is 47.8 Å². The second-order valence-electron chi connectivity index (χ2n) is 15.9. The summed E-state index contributed by atoms with van der Waals surface area (Å²) in [5, 5.41) is 35.3. The summed E-state index contributed by atoms with van der Waals surface area (Å²) in [7, 11) is 0. The Balaban J connectivity index is 1.21. The van der Waals surface area contributed by atoms with Gasteiger partial charge in [-0.25, -0.2) is 4.79 Å². The summed E-state index contributed by atoms with van der Waals surface area (Å²) >= 11 is 0. The van der Waals surface area contributed by atoms with E-state index in [0.29, 0.717) is 0 Å².